The summed E-state index contributed by atoms with van der Waals surface area (Å²) in [6.07, 6.45) is 11.0. The molecule has 1 saturated carbocycles. The average molecular weight is 239 g/mol. The second-order valence-corrected chi connectivity index (χ2v) is 5.69. The van der Waals surface area contributed by atoms with Gasteiger partial charge >= 0.3 is 5.97 Å². The molecule has 2 aliphatic rings. The highest BCUT2D eigenvalue weighted by atomic mass is 16.4. The molecule has 2 fully saturated rings. The highest BCUT2D eigenvalue weighted by Gasteiger charge is 2.29. The zero-order valence-corrected chi connectivity index (χ0v) is 10.7. The molecule has 1 N–H and O–H groups in total. The van der Waals surface area contributed by atoms with E-state index in [0.717, 1.165) is 19.5 Å². The molecule has 1 unspecified atom stereocenters. The molecule has 0 aromatic rings. The summed E-state index contributed by atoms with van der Waals surface area (Å²) >= 11 is 0. The van der Waals surface area contributed by atoms with Crippen molar-refractivity contribution >= 4 is 5.97 Å². The maximum atomic E-state index is 11.4. The van der Waals surface area contributed by atoms with Gasteiger partial charge in [0.2, 0.25) is 0 Å². The minimum absolute atomic E-state index is 0.210. The van der Waals surface area contributed by atoms with E-state index < -0.39 is 5.97 Å². The molecule has 0 aromatic heterocycles. The Kier molecular flexibility index (Phi) is 4.84. The summed E-state index contributed by atoms with van der Waals surface area (Å²) in [7, 11) is 0. The lowest BCUT2D eigenvalue weighted by Gasteiger charge is -2.34. The molecular weight excluding hydrogens is 214 g/mol. The fraction of sp³-hybridized carbons (Fsp3) is 0.929. The Morgan fingerprint density at radius 1 is 1.06 bits per heavy atom. The topological polar surface area (TPSA) is 40.5 Å². The highest BCUT2D eigenvalue weighted by Crippen LogP contribution is 2.29. The Bertz CT molecular complexity index is 243. The van der Waals surface area contributed by atoms with E-state index in [9.17, 15) is 9.90 Å². The fourth-order valence-electron chi connectivity index (χ4n) is 3.37. The summed E-state index contributed by atoms with van der Waals surface area (Å²) in [5, 5.41) is 9.41. The van der Waals surface area contributed by atoms with Gasteiger partial charge in [0, 0.05) is 0 Å². The van der Waals surface area contributed by atoms with Gasteiger partial charge in [0.15, 0.2) is 0 Å². The molecule has 0 spiro atoms. The minimum Gasteiger partial charge on any atom is -0.480 e. The lowest BCUT2D eigenvalue weighted by Crippen LogP contribution is -2.45. The van der Waals surface area contributed by atoms with Crippen molar-refractivity contribution in [2.24, 2.45) is 5.92 Å². The lowest BCUT2D eigenvalue weighted by atomic mass is 9.84. The first kappa shape index (κ1) is 12.9. The van der Waals surface area contributed by atoms with Crippen LogP contribution in [0.2, 0.25) is 0 Å². The lowest BCUT2D eigenvalue weighted by molar-refractivity contribution is -0.144. The molecule has 17 heavy (non-hydrogen) atoms. The third-order valence-corrected chi connectivity index (χ3v) is 4.40. The summed E-state index contributed by atoms with van der Waals surface area (Å²) in [5.74, 6) is 0.0595. The fourth-order valence-corrected chi connectivity index (χ4v) is 3.37. The third kappa shape index (κ3) is 3.70. The van der Waals surface area contributed by atoms with Gasteiger partial charge in [-0.2, -0.15) is 0 Å². The van der Waals surface area contributed by atoms with Gasteiger partial charge in [0.1, 0.15) is 6.04 Å². The van der Waals surface area contributed by atoms with Crippen molar-refractivity contribution in [1.29, 1.82) is 0 Å². The number of carboxylic acids is 1. The predicted octanol–water partition coefficient (Wildman–Crippen LogP) is 2.90. The number of carboxylic acid groups (broad SMARTS) is 1. The molecule has 1 aliphatic carbocycles. The normalized spacial score (nSPS) is 25.6. The van der Waals surface area contributed by atoms with Crippen LogP contribution in [0.1, 0.15) is 57.8 Å². The van der Waals surface area contributed by atoms with Crippen LogP contribution in [0.4, 0.5) is 0 Å². The average Bonchev–Trinajstić information content (AvgIpc) is 2.38. The zero-order valence-electron chi connectivity index (χ0n) is 10.7. The largest absolute Gasteiger partial charge is 0.480 e. The summed E-state index contributed by atoms with van der Waals surface area (Å²) in [6, 6.07) is -0.210. The highest BCUT2D eigenvalue weighted by molar-refractivity contribution is 5.73. The van der Waals surface area contributed by atoms with Gasteiger partial charge in [0.05, 0.1) is 0 Å². The van der Waals surface area contributed by atoms with Crippen LogP contribution in [-0.2, 0) is 4.79 Å². The van der Waals surface area contributed by atoms with E-state index in [1.165, 1.54) is 51.4 Å². The number of carbonyl (C=O) groups is 1. The molecule has 3 heteroatoms. The van der Waals surface area contributed by atoms with E-state index >= 15 is 0 Å². The molecule has 0 bridgehead atoms. The van der Waals surface area contributed by atoms with Gasteiger partial charge in [-0.15, -0.1) is 0 Å². The van der Waals surface area contributed by atoms with E-state index in [0.29, 0.717) is 5.92 Å². The monoisotopic (exact) mass is 239 g/mol. The Morgan fingerprint density at radius 2 is 1.65 bits per heavy atom. The number of nitrogens with zero attached hydrogens (tertiary/aromatic N) is 1. The molecule has 1 heterocycles. The van der Waals surface area contributed by atoms with Crippen LogP contribution >= 0.6 is 0 Å². The van der Waals surface area contributed by atoms with Gasteiger partial charge in [-0.3, -0.25) is 9.69 Å². The Balaban J connectivity index is 1.88. The van der Waals surface area contributed by atoms with Gasteiger partial charge in [0.25, 0.3) is 0 Å². The number of aliphatic carboxylic acids is 1. The molecule has 2 rings (SSSR count). The molecule has 0 aromatic carbocycles. The first-order valence-electron chi connectivity index (χ1n) is 7.24. The molecule has 1 atom stereocenters. The summed E-state index contributed by atoms with van der Waals surface area (Å²) in [4.78, 5) is 13.6. The molecule has 0 amide bonds. The van der Waals surface area contributed by atoms with Crippen molar-refractivity contribution in [3.05, 3.63) is 0 Å². The Morgan fingerprint density at radius 3 is 2.24 bits per heavy atom. The standard InChI is InChI=1S/C14H25NO2/c16-14(17)13(15-9-5-2-6-10-15)11-12-7-3-1-4-8-12/h12-13H,1-11H2,(H,16,17). The van der Waals surface area contributed by atoms with Crippen LogP contribution in [-0.4, -0.2) is 35.1 Å². The smallest absolute Gasteiger partial charge is 0.320 e. The van der Waals surface area contributed by atoms with Crippen LogP contribution in [0.3, 0.4) is 0 Å². The van der Waals surface area contributed by atoms with E-state index in [-0.39, 0.29) is 6.04 Å². The molecular formula is C14H25NO2. The maximum absolute atomic E-state index is 11.4. The molecule has 0 radical (unpaired) electrons. The van der Waals surface area contributed by atoms with Crippen molar-refractivity contribution in [2.75, 3.05) is 13.1 Å². The zero-order chi connectivity index (χ0) is 12.1. The second-order valence-electron chi connectivity index (χ2n) is 5.69. The molecule has 98 valence electrons. The van der Waals surface area contributed by atoms with Crippen LogP contribution in [0.25, 0.3) is 0 Å². The first-order valence-corrected chi connectivity index (χ1v) is 7.24. The number of hydrogen-bond acceptors (Lipinski definition) is 2. The van der Waals surface area contributed by atoms with Crippen LogP contribution in [0.15, 0.2) is 0 Å². The summed E-state index contributed by atoms with van der Waals surface area (Å²) in [5.41, 5.74) is 0. The number of hydrogen-bond donors (Lipinski definition) is 1. The summed E-state index contributed by atoms with van der Waals surface area (Å²) < 4.78 is 0. The quantitative estimate of drug-likeness (QED) is 0.820. The van der Waals surface area contributed by atoms with Gasteiger partial charge in [-0.1, -0.05) is 38.5 Å². The number of likely N-dealkylation sites (tertiary alicyclic amines) is 1. The van der Waals surface area contributed by atoms with Crippen LogP contribution in [0, 0.1) is 5.92 Å². The van der Waals surface area contributed by atoms with Crippen molar-refractivity contribution in [3.63, 3.8) is 0 Å². The molecule has 1 aliphatic heterocycles. The Labute approximate surface area is 104 Å². The van der Waals surface area contributed by atoms with E-state index in [1.807, 2.05) is 0 Å². The number of piperidine rings is 1. The van der Waals surface area contributed by atoms with Gasteiger partial charge in [-0.05, 0) is 38.3 Å². The van der Waals surface area contributed by atoms with E-state index in [1.54, 1.807) is 0 Å². The van der Waals surface area contributed by atoms with Crippen LogP contribution in [0.5, 0.6) is 0 Å². The third-order valence-electron chi connectivity index (χ3n) is 4.40. The minimum atomic E-state index is -0.600. The first-order chi connectivity index (χ1) is 8.27. The molecule has 1 saturated heterocycles. The van der Waals surface area contributed by atoms with E-state index in [4.69, 9.17) is 0 Å². The van der Waals surface area contributed by atoms with Crippen molar-refractivity contribution in [3.8, 4) is 0 Å². The van der Waals surface area contributed by atoms with Crippen molar-refractivity contribution in [1.82, 2.24) is 4.90 Å². The predicted molar refractivity (Wildman–Crippen MR) is 68.0 cm³/mol. The van der Waals surface area contributed by atoms with Gasteiger partial charge < -0.3 is 5.11 Å². The number of rotatable bonds is 4. The van der Waals surface area contributed by atoms with E-state index in [2.05, 4.69) is 4.90 Å². The van der Waals surface area contributed by atoms with Crippen molar-refractivity contribution in [2.45, 2.75) is 63.8 Å². The van der Waals surface area contributed by atoms with Crippen LogP contribution < -0.4 is 0 Å². The van der Waals surface area contributed by atoms with Crippen molar-refractivity contribution < 1.29 is 9.90 Å². The second kappa shape index (κ2) is 6.39. The molecule has 3 nitrogen and oxygen atoms in total. The summed E-state index contributed by atoms with van der Waals surface area (Å²) in [6.45, 7) is 1.98. The Hall–Kier alpha value is -0.570. The SMILES string of the molecule is O=C(O)C(CC1CCCCC1)N1CCCCC1. The van der Waals surface area contributed by atoms with Gasteiger partial charge in [-0.25, -0.2) is 0 Å². The maximum Gasteiger partial charge on any atom is 0.320 e.